The van der Waals surface area contributed by atoms with E-state index in [0.29, 0.717) is 25.3 Å². The molecule has 1 rings (SSSR count). The smallest absolute Gasteiger partial charge is 0.303 e. The lowest BCUT2D eigenvalue weighted by Gasteiger charge is -2.13. The normalized spacial score (nSPS) is 12.1. The Morgan fingerprint density at radius 1 is 1.42 bits per heavy atom. The summed E-state index contributed by atoms with van der Waals surface area (Å²) in [4.78, 5) is 23.2. The molecule has 0 bridgehead atoms. The van der Waals surface area contributed by atoms with E-state index in [9.17, 15) is 9.59 Å². The van der Waals surface area contributed by atoms with Crippen molar-refractivity contribution in [2.45, 2.75) is 39.0 Å². The van der Waals surface area contributed by atoms with Crippen molar-refractivity contribution in [3.05, 3.63) is 22.4 Å². The Bertz CT molecular complexity index is 389. The third-order valence-corrected chi connectivity index (χ3v) is 4.01. The SMILES string of the molecule is CCC(CCNC(=O)Cc1cccs1)CCC(=O)O. The minimum Gasteiger partial charge on any atom is -0.481 e. The molecule has 4 nitrogen and oxygen atoms in total. The van der Waals surface area contributed by atoms with Gasteiger partial charge < -0.3 is 10.4 Å². The average molecular weight is 283 g/mol. The molecule has 2 N–H and O–H groups in total. The van der Waals surface area contributed by atoms with Gasteiger partial charge in [-0.25, -0.2) is 0 Å². The van der Waals surface area contributed by atoms with Crippen LogP contribution < -0.4 is 5.32 Å². The van der Waals surface area contributed by atoms with Gasteiger partial charge in [0.05, 0.1) is 6.42 Å². The van der Waals surface area contributed by atoms with Gasteiger partial charge >= 0.3 is 5.97 Å². The van der Waals surface area contributed by atoms with E-state index in [1.165, 1.54) is 0 Å². The van der Waals surface area contributed by atoms with Crippen LogP contribution in [0.25, 0.3) is 0 Å². The minimum absolute atomic E-state index is 0.0375. The lowest BCUT2D eigenvalue weighted by atomic mass is 9.96. The first kappa shape index (κ1) is 15.7. The zero-order valence-electron chi connectivity index (χ0n) is 11.2. The van der Waals surface area contributed by atoms with Gasteiger partial charge in [-0.15, -0.1) is 11.3 Å². The quantitative estimate of drug-likeness (QED) is 0.732. The molecule has 0 radical (unpaired) electrons. The molecule has 0 saturated carbocycles. The molecule has 0 aliphatic carbocycles. The van der Waals surface area contributed by atoms with Crippen molar-refractivity contribution >= 4 is 23.2 Å². The van der Waals surface area contributed by atoms with Gasteiger partial charge in [0.1, 0.15) is 0 Å². The highest BCUT2D eigenvalue weighted by atomic mass is 32.1. The molecule has 5 heteroatoms. The zero-order chi connectivity index (χ0) is 14.1. The summed E-state index contributed by atoms with van der Waals surface area (Å²) < 4.78 is 0. The number of carbonyl (C=O) groups excluding carboxylic acids is 1. The molecule has 1 aromatic rings. The number of carboxylic acids is 1. The van der Waals surface area contributed by atoms with Crippen LogP contribution in [0.4, 0.5) is 0 Å². The van der Waals surface area contributed by atoms with E-state index < -0.39 is 5.97 Å². The molecule has 0 aliphatic rings. The van der Waals surface area contributed by atoms with Crippen LogP contribution in [0.1, 0.15) is 37.5 Å². The van der Waals surface area contributed by atoms with E-state index >= 15 is 0 Å². The van der Waals surface area contributed by atoms with Crippen LogP contribution >= 0.6 is 11.3 Å². The highest BCUT2D eigenvalue weighted by Gasteiger charge is 2.10. The highest BCUT2D eigenvalue weighted by Crippen LogP contribution is 2.14. The number of amides is 1. The van der Waals surface area contributed by atoms with Gasteiger partial charge in [-0.3, -0.25) is 9.59 Å². The first-order valence-electron chi connectivity index (χ1n) is 6.62. The molecule has 1 unspecified atom stereocenters. The molecule has 0 aliphatic heterocycles. The molecule has 1 heterocycles. The van der Waals surface area contributed by atoms with Crippen molar-refractivity contribution in [3.8, 4) is 0 Å². The number of nitrogens with one attached hydrogen (secondary N) is 1. The van der Waals surface area contributed by atoms with Crippen molar-refractivity contribution in [2.75, 3.05) is 6.54 Å². The van der Waals surface area contributed by atoms with Crippen molar-refractivity contribution in [1.29, 1.82) is 0 Å². The largest absolute Gasteiger partial charge is 0.481 e. The summed E-state index contributed by atoms with van der Waals surface area (Å²) in [6, 6.07) is 3.89. The summed E-state index contributed by atoms with van der Waals surface area (Å²) in [6.45, 7) is 2.68. The summed E-state index contributed by atoms with van der Waals surface area (Å²) >= 11 is 1.58. The molecule has 0 aromatic carbocycles. The van der Waals surface area contributed by atoms with Crippen LogP contribution in [-0.2, 0) is 16.0 Å². The van der Waals surface area contributed by atoms with E-state index in [1.807, 2.05) is 17.5 Å². The molecule has 106 valence electrons. The number of aliphatic carboxylic acids is 1. The molecule has 1 aromatic heterocycles. The molecule has 1 atom stereocenters. The maximum Gasteiger partial charge on any atom is 0.303 e. The Morgan fingerprint density at radius 3 is 2.79 bits per heavy atom. The van der Waals surface area contributed by atoms with Gasteiger partial charge in [-0.05, 0) is 30.2 Å². The fourth-order valence-corrected chi connectivity index (χ4v) is 2.63. The highest BCUT2D eigenvalue weighted by molar-refractivity contribution is 7.10. The second-order valence-electron chi connectivity index (χ2n) is 4.60. The molecular weight excluding hydrogens is 262 g/mol. The van der Waals surface area contributed by atoms with E-state index in [1.54, 1.807) is 11.3 Å². The third-order valence-electron chi connectivity index (χ3n) is 3.13. The molecular formula is C14H21NO3S. The first-order chi connectivity index (χ1) is 9.11. The van der Waals surface area contributed by atoms with Gasteiger partial charge in [-0.2, -0.15) is 0 Å². The number of thiophene rings is 1. The summed E-state index contributed by atoms with van der Waals surface area (Å²) in [5.41, 5.74) is 0. The Morgan fingerprint density at radius 2 is 2.21 bits per heavy atom. The Hall–Kier alpha value is -1.36. The molecule has 19 heavy (non-hydrogen) atoms. The molecule has 0 saturated heterocycles. The van der Waals surface area contributed by atoms with E-state index in [-0.39, 0.29) is 12.3 Å². The molecule has 0 spiro atoms. The molecule has 0 fully saturated rings. The summed E-state index contributed by atoms with van der Waals surface area (Å²) in [5, 5.41) is 13.5. The van der Waals surface area contributed by atoms with Crippen LogP contribution in [0.15, 0.2) is 17.5 Å². The summed E-state index contributed by atoms with van der Waals surface area (Å²) in [6.07, 6.45) is 3.13. The standard InChI is InChI=1S/C14H21NO3S/c1-2-11(5-6-14(17)18)7-8-15-13(16)10-12-4-3-9-19-12/h3-4,9,11H,2,5-8,10H2,1H3,(H,15,16)(H,17,18). The second-order valence-corrected chi connectivity index (χ2v) is 5.63. The maximum atomic E-state index is 11.6. The van der Waals surface area contributed by atoms with E-state index in [2.05, 4.69) is 12.2 Å². The van der Waals surface area contributed by atoms with Crippen LogP contribution in [0.2, 0.25) is 0 Å². The van der Waals surface area contributed by atoms with Crippen molar-refractivity contribution < 1.29 is 14.7 Å². The van der Waals surface area contributed by atoms with E-state index in [0.717, 1.165) is 17.7 Å². The predicted molar refractivity (Wildman–Crippen MR) is 76.3 cm³/mol. The van der Waals surface area contributed by atoms with Gasteiger partial charge in [0.15, 0.2) is 0 Å². The van der Waals surface area contributed by atoms with Crippen LogP contribution in [0, 0.1) is 5.92 Å². The monoisotopic (exact) mass is 283 g/mol. The van der Waals surface area contributed by atoms with E-state index in [4.69, 9.17) is 5.11 Å². The van der Waals surface area contributed by atoms with Crippen LogP contribution in [-0.4, -0.2) is 23.5 Å². The lowest BCUT2D eigenvalue weighted by Crippen LogP contribution is -2.27. The molecule has 1 amide bonds. The van der Waals surface area contributed by atoms with Crippen molar-refractivity contribution in [3.63, 3.8) is 0 Å². The fraction of sp³-hybridized carbons (Fsp3) is 0.571. The zero-order valence-corrected chi connectivity index (χ0v) is 12.0. The Balaban J connectivity index is 2.17. The average Bonchev–Trinajstić information content (AvgIpc) is 2.86. The predicted octanol–water partition coefficient (Wildman–Crippen LogP) is 2.69. The number of hydrogen-bond donors (Lipinski definition) is 2. The third kappa shape index (κ3) is 6.96. The van der Waals surface area contributed by atoms with Crippen molar-refractivity contribution in [2.24, 2.45) is 5.92 Å². The second kappa shape index (κ2) is 8.69. The topological polar surface area (TPSA) is 66.4 Å². The number of hydrogen-bond acceptors (Lipinski definition) is 3. The van der Waals surface area contributed by atoms with Crippen molar-refractivity contribution in [1.82, 2.24) is 5.32 Å². The number of carbonyl (C=O) groups is 2. The Kier molecular flexibility index (Phi) is 7.18. The first-order valence-corrected chi connectivity index (χ1v) is 7.50. The Labute approximate surface area is 117 Å². The maximum absolute atomic E-state index is 11.6. The van der Waals surface area contributed by atoms with Gasteiger partial charge in [0, 0.05) is 17.8 Å². The fourth-order valence-electron chi connectivity index (χ4n) is 1.93. The minimum atomic E-state index is -0.750. The number of rotatable bonds is 9. The van der Waals surface area contributed by atoms with Gasteiger partial charge in [0.2, 0.25) is 5.91 Å². The summed E-state index contributed by atoms with van der Waals surface area (Å²) in [7, 11) is 0. The van der Waals surface area contributed by atoms with Gasteiger partial charge in [0.25, 0.3) is 0 Å². The van der Waals surface area contributed by atoms with Crippen LogP contribution in [0.3, 0.4) is 0 Å². The number of carboxylic acid groups (broad SMARTS) is 1. The van der Waals surface area contributed by atoms with Crippen LogP contribution in [0.5, 0.6) is 0 Å². The lowest BCUT2D eigenvalue weighted by molar-refractivity contribution is -0.137. The summed E-state index contributed by atoms with van der Waals surface area (Å²) in [5.74, 6) is -0.339. The van der Waals surface area contributed by atoms with Gasteiger partial charge in [-0.1, -0.05) is 19.4 Å².